The molecule has 1 heterocycles. The number of hydrogen-bond acceptors (Lipinski definition) is 6. The number of rotatable bonds is 10. The topological polar surface area (TPSA) is 134 Å². The number of nitrogen functional groups attached to an aromatic ring is 1. The molecule has 1 fully saturated rings. The zero-order valence-corrected chi connectivity index (χ0v) is 26.6. The summed E-state index contributed by atoms with van der Waals surface area (Å²) in [4.78, 5) is 42.4. The van der Waals surface area contributed by atoms with E-state index in [2.05, 4.69) is 10.6 Å². The number of ether oxygens (including phenoxy) is 1. The molecule has 3 aromatic rings. The Balaban J connectivity index is 1.58. The molecule has 5 N–H and O–H groups in total. The van der Waals surface area contributed by atoms with E-state index in [0.717, 1.165) is 22.3 Å². The van der Waals surface area contributed by atoms with Crippen LogP contribution in [0.5, 0.6) is 5.75 Å². The normalized spacial score (nSPS) is 17.1. The van der Waals surface area contributed by atoms with Crippen LogP contribution in [0.3, 0.4) is 0 Å². The lowest BCUT2D eigenvalue weighted by atomic mass is 9.84. The maximum absolute atomic E-state index is 14.0. The van der Waals surface area contributed by atoms with Crippen molar-refractivity contribution in [2.75, 3.05) is 19.4 Å². The first kappa shape index (κ1) is 32.8. The van der Waals surface area contributed by atoms with Gasteiger partial charge in [0.25, 0.3) is 11.8 Å². The molecule has 0 radical (unpaired) electrons. The van der Waals surface area contributed by atoms with E-state index in [0.29, 0.717) is 18.7 Å². The van der Waals surface area contributed by atoms with Gasteiger partial charge in [0.15, 0.2) is 6.10 Å². The summed E-state index contributed by atoms with van der Waals surface area (Å²) >= 11 is 6.31. The average molecular weight is 621 g/mol. The Kier molecular flexibility index (Phi) is 10.2. The summed E-state index contributed by atoms with van der Waals surface area (Å²) < 4.78 is 5.24. The molecule has 0 aliphatic carbocycles. The van der Waals surface area contributed by atoms with E-state index in [4.69, 9.17) is 22.1 Å². The van der Waals surface area contributed by atoms with E-state index < -0.39 is 35.4 Å². The lowest BCUT2D eigenvalue weighted by molar-refractivity contribution is -0.148. The highest BCUT2D eigenvalue weighted by molar-refractivity contribution is 6.36. The van der Waals surface area contributed by atoms with Crippen molar-refractivity contribution in [3.8, 4) is 5.75 Å². The van der Waals surface area contributed by atoms with Gasteiger partial charge in [0.2, 0.25) is 5.91 Å². The number of anilines is 1. The first-order valence-corrected chi connectivity index (χ1v) is 15.0. The molecule has 234 valence electrons. The van der Waals surface area contributed by atoms with Crippen molar-refractivity contribution in [1.29, 1.82) is 0 Å². The van der Waals surface area contributed by atoms with Crippen LogP contribution < -0.4 is 21.1 Å². The molecule has 0 unspecified atom stereocenters. The van der Waals surface area contributed by atoms with Crippen LogP contribution in [-0.4, -0.2) is 59.6 Å². The van der Waals surface area contributed by atoms with Crippen LogP contribution in [0, 0.1) is 19.3 Å². The van der Waals surface area contributed by atoms with Crippen molar-refractivity contribution in [3.05, 3.63) is 93.5 Å². The molecule has 1 aliphatic rings. The highest BCUT2D eigenvalue weighted by atomic mass is 35.5. The summed E-state index contributed by atoms with van der Waals surface area (Å²) in [6.07, 6.45) is -0.950. The van der Waals surface area contributed by atoms with Gasteiger partial charge in [0, 0.05) is 13.1 Å². The van der Waals surface area contributed by atoms with Crippen LogP contribution in [0.1, 0.15) is 52.9 Å². The molecule has 0 aromatic heterocycles. The van der Waals surface area contributed by atoms with Crippen molar-refractivity contribution in [1.82, 2.24) is 15.5 Å². The largest absolute Gasteiger partial charge is 0.497 e. The minimum absolute atomic E-state index is 0.0796. The van der Waals surface area contributed by atoms with Gasteiger partial charge in [-0.3, -0.25) is 14.4 Å². The number of hydrogen-bond donors (Lipinski definition) is 4. The Morgan fingerprint density at radius 3 is 2.34 bits per heavy atom. The van der Waals surface area contributed by atoms with Crippen LogP contribution in [0.15, 0.2) is 60.7 Å². The summed E-state index contributed by atoms with van der Waals surface area (Å²) in [6.45, 7) is 8.48. The van der Waals surface area contributed by atoms with E-state index in [1.165, 1.54) is 11.0 Å². The number of nitrogens with two attached hydrogens (primary N) is 1. The molecular weight excluding hydrogens is 580 g/mol. The Labute approximate surface area is 263 Å². The SMILES string of the molecule is COc1ccc(C[C@H](NC(=O)c2cccc(N)c2Cl)[C@H](O)C(=O)N2CCC(C)(C)[C@H]2C(=O)NCc2c(C)cccc2C)cc1. The lowest BCUT2D eigenvalue weighted by Crippen LogP contribution is -2.57. The standard InChI is InChI=1S/C34H41ClN4O5/c1-20-8-6-9-21(2)25(20)19-37-32(42)30-34(3,4)16-17-39(30)33(43)29(40)27(18-22-12-14-23(44-5)15-13-22)38-31(41)24-10-7-11-26(36)28(24)35/h6-15,27,29-30,40H,16-19,36H2,1-5H3,(H,37,42)(H,38,41)/t27-,29-,30+/m0/s1. The van der Waals surface area contributed by atoms with Gasteiger partial charge in [-0.15, -0.1) is 0 Å². The van der Waals surface area contributed by atoms with E-state index in [1.807, 2.05) is 45.9 Å². The molecule has 3 aromatic carbocycles. The van der Waals surface area contributed by atoms with Crippen LogP contribution >= 0.6 is 11.6 Å². The number of nitrogens with zero attached hydrogens (tertiary/aromatic N) is 1. The van der Waals surface area contributed by atoms with Gasteiger partial charge in [-0.25, -0.2) is 0 Å². The van der Waals surface area contributed by atoms with Crippen LogP contribution in [0.2, 0.25) is 5.02 Å². The number of halogens is 1. The predicted molar refractivity (Wildman–Crippen MR) is 171 cm³/mol. The highest BCUT2D eigenvalue weighted by Gasteiger charge is 2.49. The second-order valence-corrected chi connectivity index (χ2v) is 12.4. The Morgan fingerprint density at radius 2 is 1.70 bits per heavy atom. The molecule has 0 saturated carbocycles. The molecule has 9 nitrogen and oxygen atoms in total. The fraction of sp³-hybridized carbons (Fsp3) is 0.382. The van der Waals surface area contributed by atoms with Crippen molar-refractivity contribution in [3.63, 3.8) is 0 Å². The van der Waals surface area contributed by atoms with Crippen LogP contribution in [0.4, 0.5) is 5.69 Å². The van der Waals surface area contributed by atoms with Gasteiger partial charge < -0.3 is 31.1 Å². The number of likely N-dealkylation sites (tertiary alicyclic amines) is 1. The van der Waals surface area contributed by atoms with Crippen molar-refractivity contribution >= 4 is 35.0 Å². The monoisotopic (exact) mass is 620 g/mol. The first-order valence-electron chi connectivity index (χ1n) is 14.6. The summed E-state index contributed by atoms with van der Waals surface area (Å²) in [6, 6.07) is 15.9. The quantitative estimate of drug-likeness (QED) is 0.251. The number of carbonyl (C=O) groups is 3. The summed E-state index contributed by atoms with van der Waals surface area (Å²) in [5, 5.41) is 17.5. The average Bonchev–Trinajstić information content (AvgIpc) is 3.32. The summed E-state index contributed by atoms with van der Waals surface area (Å²) in [5.41, 5.74) is 9.64. The van der Waals surface area contributed by atoms with Gasteiger partial charge in [-0.2, -0.15) is 0 Å². The molecule has 0 spiro atoms. The molecule has 4 rings (SSSR count). The van der Waals surface area contributed by atoms with Crippen molar-refractivity contribution in [2.24, 2.45) is 5.41 Å². The molecule has 1 saturated heterocycles. The molecule has 1 aliphatic heterocycles. The number of aliphatic hydroxyl groups excluding tert-OH is 1. The molecule has 0 bridgehead atoms. The van der Waals surface area contributed by atoms with Crippen LogP contribution in [0.25, 0.3) is 0 Å². The number of carbonyl (C=O) groups excluding carboxylic acids is 3. The molecule has 3 atom stereocenters. The minimum atomic E-state index is -1.65. The Hall–Kier alpha value is -4.08. The third-order valence-electron chi connectivity index (χ3n) is 8.50. The number of amides is 3. The van der Waals surface area contributed by atoms with Crippen molar-refractivity contribution < 1.29 is 24.2 Å². The molecule has 44 heavy (non-hydrogen) atoms. The fourth-order valence-electron chi connectivity index (χ4n) is 5.80. The zero-order valence-electron chi connectivity index (χ0n) is 25.8. The number of nitrogens with one attached hydrogen (secondary N) is 2. The second-order valence-electron chi connectivity index (χ2n) is 12.0. The maximum atomic E-state index is 14.0. The third-order valence-corrected chi connectivity index (χ3v) is 8.92. The molecular formula is C34H41ClN4O5. The predicted octanol–water partition coefficient (Wildman–Crippen LogP) is 4.19. The maximum Gasteiger partial charge on any atom is 0.254 e. The summed E-state index contributed by atoms with van der Waals surface area (Å²) in [7, 11) is 1.56. The van der Waals surface area contributed by atoms with E-state index in [-0.39, 0.29) is 35.1 Å². The van der Waals surface area contributed by atoms with E-state index in [9.17, 15) is 19.5 Å². The first-order chi connectivity index (χ1) is 20.8. The minimum Gasteiger partial charge on any atom is -0.497 e. The zero-order chi connectivity index (χ0) is 32.2. The van der Waals surface area contributed by atoms with Gasteiger partial charge in [-0.05, 0) is 78.6 Å². The van der Waals surface area contributed by atoms with Gasteiger partial charge in [-0.1, -0.05) is 61.8 Å². The lowest BCUT2D eigenvalue weighted by Gasteiger charge is -2.34. The fourth-order valence-corrected chi connectivity index (χ4v) is 6.01. The Morgan fingerprint density at radius 1 is 1.07 bits per heavy atom. The van der Waals surface area contributed by atoms with E-state index >= 15 is 0 Å². The van der Waals surface area contributed by atoms with E-state index in [1.54, 1.807) is 43.5 Å². The van der Waals surface area contributed by atoms with Gasteiger partial charge in [0.05, 0.1) is 29.4 Å². The molecule has 10 heteroatoms. The number of methoxy groups -OCH3 is 1. The third kappa shape index (κ3) is 7.17. The Bertz CT molecular complexity index is 1500. The summed E-state index contributed by atoms with van der Waals surface area (Å²) in [5.74, 6) is -0.873. The van der Waals surface area contributed by atoms with Gasteiger partial charge >= 0.3 is 0 Å². The second kappa shape index (κ2) is 13.7. The molecule has 3 amide bonds. The number of benzene rings is 3. The number of aryl methyl sites for hydroxylation is 2. The highest BCUT2D eigenvalue weighted by Crippen LogP contribution is 2.37. The van der Waals surface area contributed by atoms with Crippen LogP contribution in [-0.2, 0) is 22.6 Å². The van der Waals surface area contributed by atoms with Gasteiger partial charge in [0.1, 0.15) is 11.8 Å². The van der Waals surface area contributed by atoms with Crippen molar-refractivity contribution in [2.45, 2.75) is 65.3 Å². The number of aliphatic hydroxyl groups is 1. The smallest absolute Gasteiger partial charge is 0.254 e.